The van der Waals surface area contributed by atoms with Gasteiger partial charge >= 0.3 is 0 Å². The minimum absolute atomic E-state index is 0.0723. The van der Waals surface area contributed by atoms with Crippen LogP contribution in [0.15, 0.2) is 82.3 Å². The van der Waals surface area contributed by atoms with E-state index in [0.717, 1.165) is 37.6 Å². The molecule has 0 bridgehead atoms. The Hall–Kier alpha value is -3.23. The number of halogens is 3. The summed E-state index contributed by atoms with van der Waals surface area (Å²) in [5.41, 5.74) is 2.84. The molecule has 8 heteroatoms. The second-order valence-corrected chi connectivity index (χ2v) is 9.77. The molecule has 0 N–H and O–H groups in total. The Bertz CT molecular complexity index is 1460. The minimum atomic E-state index is -0.399. The van der Waals surface area contributed by atoms with Crippen molar-refractivity contribution in [2.45, 2.75) is 13.1 Å². The fourth-order valence-corrected chi connectivity index (χ4v) is 5.09. The van der Waals surface area contributed by atoms with Crippen molar-refractivity contribution in [3.05, 3.63) is 111 Å². The Kier molecular flexibility index (Phi) is 6.10. The van der Waals surface area contributed by atoms with Gasteiger partial charge in [-0.2, -0.15) is 0 Å². The van der Waals surface area contributed by atoms with Gasteiger partial charge in [0.15, 0.2) is 0 Å². The number of thioether (sulfide) groups is 1. The molecule has 2 amide bonds. The highest BCUT2D eigenvalue weighted by molar-refractivity contribution is 9.10. The maximum atomic E-state index is 14.3. The number of carbonyl (C=O) groups is 2. The minimum Gasteiger partial charge on any atom is -0.342 e. The van der Waals surface area contributed by atoms with Gasteiger partial charge in [0.25, 0.3) is 11.1 Å². The summed E-state index contributed by atoms with van der Waals surface area (Å²) in [6.45, 7) is 0.396. The van der Waals surface area contributed by atoms with Gasteiger partial charge < -0.3 is 4.57 Å². The third-order valence-corrected chi connectivity index (χ3v) is 6.99. The molecule has 0 radical (unpaired) electrons. The summed E-state index contributed by atoms with van der Waals surface area (Å²) >= 11 is 4.36. The molecule has 1 fully saturated rings. The molecule has 170 valence electrons. The molecule has 1 aliphatic heterocycles. The number of amides is 2. The van der Waals surface area contributed by atoms with Crippen molar-refractivity contribution in [3.63, 3.8) is 0 Å². The molecule has 1 aliphatic rings. The van der Waals surface area contributed by atoms with Crippen LogP contribution in [0.25, 0.3) is 17.0 Å². The average Bonchev–Trinajstić information content (AvgIpc) is 3.28. The van der Waals surface area contributed by atoms with Crippen LogP contribution in [0.2, 0.25) is 0 Å². The van der Waals surface area contributed by atoms with E-state index in [4.69, 9.17) is 0 Å². The molecule has 2 heterocycles. The lowest BCUT2D eigenvalue weighted by atomic mass is 10.1. The first-order chi connectivity index (χ1) is 16.4. The van der Waals surface area contributed by atoms with Gasteiger partial charge in [-0.25, -0.2) is 8.78 Å². The van der Waals surface area contributed by atoms with E-state index in [1.54, 1.807) is 36.4 Å². The summed E-state index contributed by atoms with van der Waals surface area (Å²) in [4.78, 5) is 27.0. The zero-order valence-electron chi connectivity index (χ0n) is 17.7. The maximum absolute atomic E-state index is 14.3. The Morgan fingerprint density at radius 3 is 2.47 bits per heavy atom. The third kappa shape index (κ3) is 4.43. The number of aromatic nitrogens is 1. The fraction of sp³-hybridized carbons (Fsp3) is 0.0769. The highest BCUT2D eigenvalue weighted by atomic mass is 79.9. The van der Waals surface area contributed by atoms with Gasteiger partial charge in [-0.3, -0.25) is 14.5 Å². The molecule has 4 nitrogen and oxygen atoms in total. The van der Waals surface area contributed by atoms with Gasteiger partial charge in [-0.15, -0.1) is 0 Å². The topological polar surface area (TPSA) is 42.3 Å². The van der Waals surface area contributed by atoms with Gasteiger partial charge in [-0.05, 0) is 59.8 Å². The third-order valence-electron chi connectivity index (χ3n) is 5.59. The highest BCUT2D eigenvalue weighted by Crippen LogP contribution is 2.35. The van der Waals surface area contributed by atoms with Gasteiger partial charge in [0.2, 0.25) is 0 Å². The Morgan fingerprint density at radius 2 is 1.71 bits per heavy atom. The first-order valence-corrected chi connectivity index (χ1v) is 12.0. The van der Waals surface area contributed by atoms with Gasteiger partial charge in [-0.1, -0.05) is 46.3 Å². The number of fused-ring (bicyclic) bond motifs is 1. The first kappa shape index (κ1) is 22.6. The second kappa shape index (κ2) is 9.19. The molecule has 0 unspecified atom stereocenters. The van der Waals surface area contributed by atoms with Crippen molar-refractivity contribution < 1.29 is 18.4 Å². The molecular formula is C26H17BrF2N2O2S. The van der Waals surface area contributed by atoms with E-state index in [9.17, 15) is 18.4 Å². The van der Waals surface area contributed by atoms with E-state index >= 15 is 0 Å². The lowest BCUT2D eigenvalue weighted by Gasteiger charge is -2.12. The number of imide groups is 1. The number of hydrogen-bond donors (Lipinski definition) is 0. The van der Waals surface area contributed by atoms with E-state index in [1.807, 2.05) is 29.0 Å². The van der Waals surface area contributed by atoms with Crippen LogP contribution in [-0.2, 0) is 17.9 Å². The monoisotopic (exact) mass is 538 g/mol. The van der Waals surface area contributed by atoms with Gasteiger partial charge in [0.1, 0.15) is 11.6 Å². The number of rotatable bonds is 5. The Labute approximate surface area is 207 Å². The van der Waals surface area contributed by atoms with Crippen LogP contribution in [0.5, 0.6) is 0 Å². The smallest absolute Gasteiger partial charge is 0.293 e. The summed E-state index contributed by atoms with van der Waals surface area (Å²) in [5.74, 6) is -1.06. The summed E-state index contributed by atoms with van der Waals surface area (Å²) < 4.78 is 30.2. The molecule has 0 saturated carbocycles. The average molecular weight is 539 g/mol. The predicted octanol–water partition coefficient (Wildman–Crippen LogP) is 6.97. The molecule has 1 saturated heterocycles. The zero-order valence-corrected chi connectivity index (χ0v) is 20.1. The lowest BCUT2D eigenvalue weighted by molar-refractivity contribution is -0.123. The van der Waals surface area contributed by atoms with E-state index in [1.165, 1.54) is 18.2 Å². The fourth-order valence-electron chi connectivity index (χ4n) is 3.90. The molecule has 3 aromatic carbocycles. The standard InChI is InChI=1S/C26H17BrF2N2O2S/c27-19-7-10-23-21(12-19)18(15-30(23)14-17-3-1-2-4-22(17)29)11-24-25(32)31(26(33)34-24)13-16-5-8-20(28)9-6-16/h1-12,15H,13-14H2/b24-11-. The van der Waals surface area contributed by atoms with Crippen molar-refractivity contribution in [2.75, 3.05) is 0 Å². The molecule has 0 spiro atoms. The highest BCUT2D eigenvalue weighted by Gasteiger charge is 2.35. The predicted molar refractivity (Wildman–Crippen MR) is 133 cm³/mol. The number of benzene rings is 3. The number of carbonyl (C=O) groups excluding carboxylic acids is 2. The van der Waals surface area contributed by atoms with Crippen molar-refractivity contribution in [1.82, 2.24) is 9.47 Å². The van der Waals surface area contributed by atoms with Crippen molar-refractivity contribution in [1.29, 1.82) is 0 Å². The summed E-state index contributed by atoms with van der Waals surface area (Å²) in [6.07, 6.45) is 3.56. The van der Waals surface area contributed by atoms with Crippen LogP contribution >= 0.6 is 27.7 Å². The Balaban J connectivity index is 1.49. The van der Waals surface area contributed by atoms with Gasteiger partial charge in [0, 0.05) is 32.7 Å². The van der Waals surface area contributed by atoms with Crippen molar-refractivity contribution in [3.8, 4) is 0 Å². The van der Waals surface area contributed by atoms with Crippen LogP contribution < -0.4 is 0 Å². The zero-order chi connectivity index (χ0) is 23.8. The quantitative estimate of drug-likeness (QED) is 0.258. The SMILES string of the molecule is O=C1S/C(=C\c2cn(Cc3ccccc3F)c3ccc(Br)cc23)C(=O)N1Cc1ccc(F)cc1. The first-order valence-electron chi connectivity index (χ1n) is 10.4. The molecule has 1 aromatic heterocycles. The van der Waals surface area contributed by atoms with E-state index in [0.29, 0.717) is 22.6 Å². The Morgan fingerprint density at radius 1 is 0.941 bits per heavy atom. The number of hydrogen-bond acceptors (Lipinski definition) is 3. The molecule has 4 aromatic rings. The molecule has 5 rings (SSSR count). The summed E-state index contributed by atoms with van der Waals surface area (Å²) in [6, 6.07) is 18.1. The lowest BCUT2D eigenvalue weighted by Crippen LogP contribution is -2.27. The molecule has 0 aliphatic carbocycles. The normalized spacial score (nSPS) is 15.1. The van der Waals surface area contributed by atoms with E-state index in [-0.39, 0.29) is 23.4 Å². The van der Waals surface area contributed by atoms with Crippen molar-refractivity contribution >= 4 is 55.8 Å². The van der Waals surface area contributed by atoms with E-state index < -0.39 is 5.91 Å². The molecule has 34 heavy (non-hydrogen) atoms. The molecular weight excluding hydrogens is 522 g/mol. The summed E-state index contributed by atoms with van der Waals surface area (Å²) in [7, 11) is 0. The maximum Gasteiger partial charge on any atom is 0.293 e. The van der Waals surface area contributed by atoms with Crippen LogP contribution in [0.3, 0.4) is 0 Å². The van der Waals surface area contributed by atoms with Crippen LogP contribution in [-0.4, -0.2) is 20.6 Å². The van der Waals surface area contributed by atoms with Crippen LogP contribution in [0, 0.1) is 11.6 Å². The van der Waals surface area contributed by atoms with Gasteiger partial charge in [0.05, 0.1) is 18.0 Å². The van der Waals surface area contributed by atoms with Crippen molar-refractivity contribution in [2.24, 2.45) is 0 Å². The second-order valence-electron chi connectivity index (χ2n) is 7.86. The van der Waals surface area contributed by atoms with E-state index in [2.05, 4.69) is 15.9 Å². The molecule has 0 atom stereocenters. The number of nitrogens with zero attached hydrogens (tertiary/aromatic N) is 2. The largest absolute Gasteiger partial charge is 0.342 e. The van der Waals surface area contributed by atoms with Crippen LogP contribution in [0.4, 0.5) is 13.6 Å². The summed E-state index contributed by atoms with van der Waals surface area (Å²) in [5, 5.41) is 0.493. The van der Waals surface area contributed by atoms with Crippen LogP contribution in [0.1, 0.15) is 16.7 Å².